The normalized spacial score (nSPS) is 25.1. The number of esters is 1. The number of aliphatic hydroxyl groups is 1. The predicted octanol–water partition coefficient (Wildman–Crippen LogP) is 2.99. The molecule has 0 aliphatic carbocycles. The van der Waals surface area contributed by atoms with E-state index < -0.39 is 56.6 Å². The average molecular weight is 626 g/mol. The number of aryl methyl sites for hydroxylation is 1. The molecule has 3 aromatic rings. The molecule has 2 aromatic heterocycles. The highest BCUT2D eigenvalue weighted by Gasteiger charge is 2.56. The molecule has 1 saturated heterocycles. The van der Waals surface area contributed by atoms with E-state index in [1.807, 2.05) is 0 Å². The molecule has 0 spiro atoms. The van der Waals surface area contributed by atoms with Gasteiger partial charge < -0.3 is 33.3 Å². The lowest BCUT2D eigenvalue weighted by atomic mass is 9.98. The Morgan fingerprint density at radius 1 is 1.30 bits per heavy atom. The van der Waals surface area contributed by atoms with Crippen molar-refractivity contribution in [1.82, 2.24) is 24.6 Å². The second-order valence-electron chi connectivity index (χ2n) is 10.4. The Morgan fingerprint density at radius 2 is 2.07 bits per heavy atom. The number of hydrogen-bond acceptors (Lipinski definition) is 13. The van der Waals surface area contributed by atoms with E-state index in [-0.39, 0.29) is 35.3 Å². The molecule has 15 nitrogen and oxygen atoms in total. The van der Waals surface area contributed by atoms with Crippen LogP contribution in [0, 0.1) is 6.92 Å². The van der Waals surface area contributed by atoms with Crippen molar-refractivity contribution in [3.63, 3.8) is 0 Å². The number of nitrogens with zero attached hydrogens (tertiary/aromatic N) is 4. The molecule has 5 rings (SSSR count). The molecule has 1 fully saturated rings. The van der Waals surface area contributed by atoms with Gasteiger partial charge in [0, 0.05) is 0 Å². The third-order valence-electron chi connectivity index (χ3n) is 6.71. The molecule has 2 aliphatic heterocycles. The van der Waals surface area contributed by atoms with E-state index in [1.165, 1.54) is 31.0 Å². The largest absolute Gasteiger partial charge is 0.479 e. The minimum absolute atomic E-state index is 0.00485. The van der Waals surface area contributed by atoms with Crippen LogP contribution < -0.4 is 23.8 Å². The van der Waals surface area contributed by atoms with Gasteiger partial charge in [-0.3, -0.25) is 13.9 Å². The summed E-state index contributed by atoms with van der Waals surface area (Å²) in [6.07, 6.45) is -3.61. The first-order valence-electron chi connectivity index (χ1n) is 13.4. The van der Waals surface area contributed by atoms with Crippen molar-refractivity contribution in [2.75, 3.05) is 20.5 Å². The van der Waals surface area contributed by atoms with Crippen LogP contribution in [-0.2, 0) is 23.4 Å². The number of para-hydroxylation sites is 1. The van der Waals surface area contributed by atoms with Crippen molar-refractivity contribution in [3.05, 3.63) is 30.4 Å². The summed E-state index contributed by atoms with van der Waals surface area (Å²) >= 11 is 0. The predicted molar refractivity (Wildman–Crippen MR) is 147 cm³/mol. The number of carbonyl (C=O) groups excluding carboxylic acids is 1. The fourth-order valence-electron chi connectivity index (χ4n) is 4.65. The zero-order valence-electron chi connectivity index (χ0n) is 24.3. The van der Waals surface area contributed by atoms with E-state index >= 15 is 4.39 Å². The molecule has 234 valence electrons. The Kier molecular flexibility index (Phi) is 8.51. The van der Waals surface area contributed by atoms with E-state index in [2.05, 4.69) is 20.0 Å². The number of imidazole rings is 1. The summed E-state index contributed by atoms with van der Waals surface area (Å²) in [7, 11) is -3.02. The molecule has 1 unspecified atom stereocenters. The fourth-order valence-corrected chi connectivity index (χ4v) is 6.16. The lowest BCUT2D eigenvalue weighted by Gasteiger charge is -2.25. The van der Waals surface area contributed by atoms with Crippen LogP contribution in [0.15, 0.2) is 24.5 Å². The molecule has 0 bridgehead atoms. The molecule has 17 heteroatoms. The van der Waals surface area contributed by atoms with Crippen LogP contribution in [-0.4, -0.2) is 81.1 Å². The Labute approximate surface area is 246 Å². The average Bonchev–Trinajstić information content (AvgIpc) is 3.64. The summed E-state index contributed by atoms with van der Waals surface area (Å²) in [5.74, 6) is 0.361. The summed E-state index contributed by atoms with van der Waals surface area (Å²) in [4.78, 5) is 25.3. The van der Waals surface area contributed by atoms with Gasteiger partial charge in [-0.2, -0.15) is 10.1 Å². The first kappa shape index (κ1) is 30.9. The number of aliphatic hydroxyl groups excluding tert-OH is 1. The van der Waals surface area contributed by atoms with Gasteiger partial charge in [0.1, 0.15) is 24.1 Å². The minimum atomic E-state index is -4.44. The number of benzene rings is 1. The summed E-state index contributed by atoms with van der Waals surface area (Å²) in [5, 5.41) is 13.5. The molecule has 4 heterocycles. The smallest absolute Gasteiger partial charge is 0.459 e. The number of aromatic nitrogens is 4. The molecular formula is C26H33FN5O10P. The number of rotatable bonds is 11. The van der Waals surface area contributed by atoms with Gasteiger partial charge in [0.25, 0.3) is 0 Å². The van der Waals surface area contributed by atoms with Crippen LogP contribution in [0.2, 0.25) is 0 Å². The number of methoxy groups -OCH3 is 1. The van der Waals surface area contributed by atoms with Crippen LogP contribution in [0.4, 0.5) is 4.39 Å². The van der Waals surface area contributed by atoms with E-state index in [4.69, 9.17) is 32.7 Å². The summed E-state index contributed by atoms with van der Waals surface area (Å²) in [5.41, 5.74) is -1.88. The number of carbonyl (C=O) groups is 1. The second kappa shape index (κ2) is 11.8. The summed E-state index contributed by atoms with van der Waals surface area (Å²) in [6.45, 7) is 6.85. The number of ether oxygens (including phenoxy) is 5. The van der Waals surface area contributed by atoms with Crippen LogP contribution in [0.3, 0.4) is 0 Å². The van der Waals surface area contributed by atoms with Gasteiger partial charge in [-0.15, -0.1) is 0 Å². The summed E-state index contributed by atoms with van der Waals surface area (Å²) in [6, 6.07) is 3.54. The molecule has 2 N–H and O–H groups in total. The third-order valence-corrected chi connectivity index (χ3v) is 8.34. The monoisotopic (exact) mass is 625 g/mol. The number of halogens is 1. The van der Waals surface area contributed by atoms with Crippen LogP contribution in [0.5, 0.6) is 23.1 Å². The van der Waals surface area contributed by atoms with E-state index in [0.29, 0.717) is 11.6 Å². The van der Waals surface area contributed by atoms with Gasteiger partial charge >= 0.3 is 13.7 Å². The number of hydrogen-bond donors (Lipinski definition) is 2. The lowest BCUT2D eigenvalue weighted by molar-refractivity contribution is -0.149. The molecule has 6 atom stereocenters. The van der Waals surface area contributed by atoms with Crippen molar-refractivity contribution in [1.29, 1.82) is 0 Å². The van der Waals surface area contributed by atoms with Crippen molar-refractivity contribution < 1.29 is 51.6 Å². The second-order valence-corrected chi connectivity index (χ2v) is 12.1. The molecular weight excluding hydrogens is 592 g/mol. The molecule has 43 heavy (non-hydrogen) atoms. The minimum Gasteiger partial charge on any atom is -0.479 e. The van der Waals surface area contributed by atoms with Gasteiger partial charge in [-0.05, 0) is 46.8 Å². The van der Waals surface area contributed by atoms with Gasteiger partial charge in [0.2, 0.25) is 18.4 Å². The molecule has 0 saturated carbocycles. The number of alkyl halides is 1. The van der Waals surface area contributed by atoms with Gasteiger partial charge in [0.15, 0.2) is 34.6 Å². The maximum Gasteiger partial charge on any atom is 0.459 e. The SMILES string of the molecule is COc1nc(C)nc2c1ncn2[C@@H]1O[C@H](COP(=O)(N[C@@H](C)C(=O)OC(C)C)Oc2cccc3c2OCO3)[C@@H](O)[C@@]1(C)F. The Morgan fingerprint density at radius 3 is 2.79 bits per heavy atom. The first-order chi connectivity index (χ1) is 20.3. The van der Waals surface area contributed by atoms with E-state index in [1.54, 1.807) is 32.9 Å². The lowest BCUT2D eigenvalue weighted by Crippen LogP contribution is -2.41. The quantitative estimate of drug-likeness (QED) is 0.235. The van der Waals surface area contributed by atoms with Gasteiger partial charge in [-0.25, -0.2) is 18.9 Å². The van der Waals surface area contributed by atoms with Gasteiger partial charge in [0.05, 0.1) is 26.1 Å². The van der Waals surface area contributed by atoms with Crippen LogP contribution in [0.25, 0.3) is 11.2 Å². The van der Waals surface area contributed by atoms with Crippen molar-refractivity contribution in [2.45, 2.75) is 70.9 Å². The third kappa shape index (κ3) is 6.10. The molecule has 0 radical (unpaired) electrons. The van der Waals surface area contributed by atoms with Crippen molar-refractivity contribution in [2.24, 2.45) is 0 Å². The van der Waals surface area contributed by atoms with E-state index in [9.17, 15) is 14.5 Å². The maximum atomic E-state index is 16.1. The zero-order valence-corrected chi connectivity index (χ0v) is 25.2. The number of fused-ring (bicyclic) bond motifs is 2. The highest BCUT2D eigenvalue weighted by Crippen LogP contribution is 2.52. The summed E-state index contributed by atoms with van der Waals surface area (Å²) < 4.78 is 70.0. The highest BCUT2D eigenvalue weighted by molar-refractivity contribution is 7.52. The maximum absolute atomic E-state index is 16.1. The topological polar surface area (TPSA) is 175 Å². The molecule has 1 aromatic carbocycles. The fraction of sp³-hybridized carbons (Fsp3) is 0.538. The van der Waals surface area contributed by atoms with Crippen LogP contribution >= 0.6 is 7.75 Å². The zero-order chi connectivity index (χ0) is 31.1. The standard InChI is InChI=1S/C26H33FN5O10P/c1-13(2)40-24(34)14(3)31-43(35,42-17-9-7-8-16-20(17)38-12-37-16)39-10-18-21(33)26(5,27)25(41-18)32-11-28-19-22(32)29-15(4)30-23(19)36-6/h7-9,11,13-14,18,21,25,33H,10,12H2,1-6H3,(H,31,35)/t14-,18+,21+,25+,26+,43?/m0/s1. The highest BCUT2D eigenvalue weighted by atomic mass is 31.2. The Balaban J connectivity index is 1.39. The van der Waals surface area contributed by atoms with Crippen molar-refractivity contribution >= 4 is 24.9 Å². The Hall–Kier alpha value is -3.56. The molecule has 0 amide bonds. The van der Waals surface area contributed by atoms with Crippen molar-refractivity contribution in [3.8, 4) is 23.1 Å². The number of nitrogens with one attached hydrogen (secondary N) is 1. The molecule has 2 aliphatic rings. The van der Waals surface area contributed by atoms with Crippen LogP contribution in [0.1, 0.15) is 39.7 Å². The van der Waals surface area contributed by atoms with Gasteiger partial charge in [-0.1, -0.05) is 6.07 Å². The van der Waals surface area contributed by atoms with E-state index in [0.717, 1.165) is 6.92 Å². The first-order valence-corrected chi connectivity index (χ1v) is 15.0. The Bertz CT molecular complexity index is 1550.